The van der Waals surface area contributed by atoms with Crippen molar-refractivity contribution in [3.63, 3.8) is 0 Å². The van der Waals surface area contributed by atoms with E-state index in [9.17, 15) is 9.59 Å². The lowest BCUT2D eigenvalue weighted by Crippen LogP contribution is -2.40. The molecule has 1 amide bonds. The van der Waals surface area contributed by atoms with Crippen LogP contribution in [0.25, 0.3) is 0 Å². The van der Waals surface area contributed by atoms with Crippen molar-refractivity contribution in [2.24, 2.45) is 5.92 Å². The van der Waals surface area contributed by atoms with Crippen molar-refractivity contribution in [1.82, 2.24) is 15.0 Å². The first-order chi connectivity index (χ1) is 21.2. The summed E-state index contributed by atoms with van der Waals surface area (Å²) in [5.41, 5.74) is 4.06. The average Bonchev–Trinajstić information content (AvgIpc) is 3.56. The second kappa shape index (κ2) is 12.6. The molecule has 44 heavy (non-hydrogen) atoms. The molecular formula is C34H40N4O5Si. The molecule has 0 unspecified atom stereocenters. The Morgan fingerprint density at radius 2 is 1.64 bits per heavy atom. The SMILES string of the molecule is C[C@@H]1[C@@H]([Si](C)(C)O)[C@H](CCn2cc(CCO)nn2)O[C@@H]1CCc1ccc(N2C(=O)c3ccccc3Oc3ccccc32)cc1. The van der Waals surface area contributed by atoms with Crippen LogP contribution >= 0.6 is 0 Å². The van der Waals surface area contributed by atoms with E-state index in [1.54, 1.807) is 15.6 Å². The fourth-order valence-electron chi connectivity index (χ4n) is 6.80. The zero-order valence-electron chi connectivity index (χ0n) is 25.5. The highest BCUT2D eigenvalue weighted by atomic mass is 28.4. The minimum absolute atomic E-state index is 0.0389. The van der Waals surface area contributed by atoms with E-state index in [1.807, 2.05) is 73.9 Å². The third kappa shape index (κ3) is 6.21. The van der Waals surface area contributed by atoms with Crippen LogP contribution in [0.4, 0.5) is 11.4 Å². The second-order valence-corrected chi connectivity index (χ2v) is 16.4. The average molecular weight is 613 g/mol. The monoisotopic (exact) mass is 612 g/mol. The first-order valence-electron chi connectivity index (χ1n) is 15.4. The van der Waals surface area contributed by atoms with Gasteiger partial charge in [0.25, 0.3) is 5.91 Å². The Kier molecular flexibility index (Phi) is 8.68. The Bertz CT molecular complexity index is 1600. The van der Waals surface area contributed by atoms with Gasteiger partial charge >= 0.3 is 0 Å². The number of hydrogen-bond acceptors (Lipinski definition) is 7. The first kappa shape index (κ1) is 30.2. The summed E-state index contributed by atoms with van der Waals surface area (Å²) in [4.78, 5) is 26.7. The van der Waals surface area contributed by atoms with Crippen LogP contribution in [0.15, 0.2) is 79.0 Å². The highest BCUT2D eigenvalue weighted by Crippen LogP contribution is 2.46. The molecule has 4 aromatic rings. The molecule has 9 nitrogen and oxygen atoms in total. The van der Waals surface area contributed by atoms with Crippen LogP contribution < -0.4 is 9.64 Å². The number of amides is 1. The van der Waals surface area contributed by atoms with Gasteiger partial charge in [0.05, 0.1) is 29.2 Å². The van der Waals surface area contributed by atoms with E-state index in [2.05, 4.69) is 29.4 Å². The number of aryl methyl sites for hydroxylation is 2. The molecule has 0 saturated carbocycles. The van der Waals surface area contributed by atoms with Gasteiger partial charge in [-0.15, -0.1) is 5.10 Å². The molecular weight excluding hydrogens is 572 g/mol. The summed E-state index contributed by atoms with van der Waals surface area (Å²) in [6.07, 6.45) is 4.77. The summed E-state index contributed by atoms with van der Waals surface area (Å²) >= 11 is 0. The predicted molar refractivity (Wildman–Crippen MR) is 171 cm³/mol. The van der Waals surface area contributed by atoms with E-state index >= 15 is 0 Å². The van der Waals surface area contributed by atoms with Crippen molar-refractivity contribution >= 4 is 25.6 Å². The minimum Gasteiger partial charge on any atom is -0.454 e. The maximum absolute atomic E-state index is 13.7. The van der Waals surface area contributed by atoms with Crippen LogP contribution in [0.1, 0.15) is 41.4 Å². The maximum Gasteiger partial charge on any atom is 0.266 e. The number of carbonyl (C=O) groups is 1. The number of carbonyl (C=O) groups excluding carboxylic acids is 1. The summed E-state index contributed by atoms with van der Waals surface area (Å²) < 4.78 is 14.6. The summed E-state index contributed by atoms with van der Waals surface area (Å²) in [5, 5.41) is 17.5. The van der Waals surface area contributed by atoms with Crippen molar-refractivity contribution in [1.29, 1.82) is 0 Å². The number of nitrogens with zero attached hydrogens (tertiary/aromatic N) is 4. The Morgan fingerprint density at radius 3 is 2.39 bits per heavy atom. The van der Waals surface area contributed by atoms with E-state index in [-0.39, 0.29) is 36.2 Å². The van der Waals surface area contributed by atoms with Crippen LogP contribution in [0.3, 0.4) is 0 Å². The lowest BCUT2D eigenvalue weighted by atomic mass is 9.95. The molecule has 1 aromatic heterocycles. The van der Waals surface area contributed by atoms with Crippen molar-refractivity contribution in [3.8, 4) is 11.5 Å². The van der Waals surface area contributed by atoms with Crippen LogP contribution in [0.2, 0.25) is 18.6 Å². The quantitative estimate of drug-likeness (QED) is 0.215. The van der Waals surface area contributed by atoms with Gasteiger partial charge in [0.1, 0.15) is 5.75 Å². The molecule has 0 spiro atoms. The standard InChI is InChI=1S/C34H40N4O5Si/c1-23-29(42-32(33(23)44(2,3)41)18-20-37-22-25(19-21-39)35-36-37)17-14-24-12-15-26(16-13-24)38-28-9-5-7-11-31(28)43-30-10-6-4-8-27(30)34(38)40/h4-13,15-16,22-23,29,32-33,39,41H,14,17-21H2,1-3H3/t23-,29+,32-,33+/m0/s1. The molecule has 1 fully saturated rings. The molecule has 230 valence electrons. The maximum atomic E-state index is 13.7. The predicted octanol–water partition coefficient (Wildman–Crippen LogP) is 5.89. The number of hydrogen-bond donors (Lipinski definition) is 2. The molecule has 3 heterocycles. The number of aliphatic hydroxyl groups is 1. The number of fused-ring (bicyclic) bond motifs is 2. The normalized spacial score (nSPS) is 21.5. The Balaban J connectivity index is 1.14. The van der Waals surface area contributed by atoms with Gasteiger partial charge in [-0.1, -0.05) is 48.5 Å². The molecule has 4 atom stereocenters. The van der Waals surface area contributed by atoms with Gasteiger partial charge in [-0.05, 0) is 80.2 Å². The van der Waals surface area contributed by atoms with E-state index in [0.717, 1.165) is 36.2 Å². The Hall–Kier alpha value is -3.83. The molecule has 0 aliphatic carbocycles. The van der Waals surface area contributed by atoms with Gasteiger partial charge in [-0.3, -0.25) is 14.4 Å². The van der Waals surface area contributed by atoms with Crippen molar-refractivity contribution in [2.45, 2.75) is 70.0 Å². The number of anilines is 2. The third-order valence-electron chi connectivity index (χ3n) is 8.87. The minimum atomic E-state index is -2.49. The smallest absolute Gasteiger partial charge is 0.266 e. The van der Waals surface area contributed by atoms with E-state index in [4.69, 9.17) is 14.6 Å². The van der Waals surface area contributed by atoms with Gasteiger partial charge in [-0.25, -0.2) is 0 Å². The van der Waals surface area contributed by atoms with Crippen molar-refractivity contribution < 1.29 is 24.2 Å². The van der Waals surface area contributed by atoms with E-state index in [0.29, 0.717) is 35.7 Å². The summed E-state index contributed by atoms with van der Waals surface area (Å²) in [6, 6.07) is 23.1. The summed E-state index contributed by atoms with van der Waals surface area (Å²) in [6.45, 7) is 6.92. The number of para-hydroxylation sites is 3. The van der Waals surface area contributed by atoms with Gasteiger partial charge in [-0.2, -0.15) is 0 Å². The number of ether oxygens (including phenoxy) is 2. The van der Waals surface area contributed by atoms with Gasteiger partial charge in [0.15, 0.2) is 14.1 Å². The third-order valence-corrected chi connectivity index (χ3v) is 11.4. The number of benzene rings is 3. The highest BCUT2D eigenvalue weighted by molar-refractivity contribution is 6.71. The lowest BCUT2D eigenvalue weighted by Gasteiger charge is -2.30. The van der Waals surface area contributed by atoms with Gasteiger partial charge < -0.3 is 19.4 Å². The van der Waals surface area contributed by atoms with E-state index in [1.165, 1.54) is 0 Å². The van der Waals surface area contributed by atoms with E-state index < -0.39 is 8.32 Å². The fraction of sp³-hybridized carbons (Fsp3) is 0.382. The molecule has 0 radical (unpaired) electrons. The molecule has 2 N–H and O–H groups in total. The molecule has 2 aliphatic heterocycles. The summed E-state index contributed by atoms with van der Waals surface area (Å²) in [5.74, 6) is 1.29. The zero-order valence-corrected chi connectivity index (χ0v) is 26.5. The Labute approximate surface area is 259 Å². The zero-order chi connectivity index (χ0) is 30.8. The molecule has 10 heteroatoms. The largest absolute Gasteiger partial charge is 0.454 e. The first-order valence-corrected chi connectivity index (χ1v) is 18.4. The van der Waals surface area contributed by atoms with Gasteiger partial charge in [0, 0.05) is 37.0 Å². The molecule has 2 aliphatic rings. The number of rotatable bonds is 10. The molecule has 3 aromatic carbocycles. The Morgan fingerprint density at radius 1 is 0.909 bits per heavy atom. The fourth-order valence-corrected chi connectivity index (χ4v) is 9.46. The lowest BCUT2D eigenvalue weighted by molar-refractivity contribution is 0.0245. The van der Waals surface area contributed by atoms with Crippen molar-refractivity contribution in [2.75, 3.05) is 11.5 Å². The molecule has 0 bridgehead atoms. The second-order valence-electron chi connectivity index (χ2n) is 12.4. The number of aromatic nitrogens is 3. The van der Waals surface area contributed by atoms with Crippen LogP contribution in [0.5, 0.6) is 11.5 Å². The molecule has 1 saturated heterocycles. The molecule has 6 rings (SSSR count). The van der Waals surface area contributed by atoms with Crippen LogP contribution in [-0.4, -0.2) is 57.9 Å². The number of aliphatic hydroxyl groups excluding tert-OH is 1. The summed E-state index contributed by atoms with van der Waals surface area (Å²) in [7, 11) is -2.49. The highest BCUT2D eigenvalue weighted by Gasteiger charge is 2.49. The topological polar surface area (TPSA) is 110 Å². The van der Waals surface area contributed by atoms with Crippen molar-refractivity contribution in [3.05, 3.63) is 95.8 Å². The van der Waals surface area contributed by atoms with Gasteiger partial charge in [0.2, 0.25) is 0 Å². The van der Waals surface area contributed by atoms with Crippen LogP contribution in [-0.2, 0) is 24.1 Å². The van der Waals surface area contributed by atoms with Crippen LogP contribution in [0, 0.1) is 5.92 Å².